The number of hydrogen-bond donors (Lipinski definition) is 2. The number of nitrogens with zero attached hydrogens (tertiary/aromatic N) is 4. The average molecular weight is 433 g/mol. The van der Waals surface area contributed by atoms with Gasteiger partial charge < -0.3 is 20.3 Å². The van der Waals surface area contributed by atoms with Gasteiger partial charge in [-0.15, -0.1) is 0 Å². The number of nitrogens with one attached hydrogen (secondary N) is 2. The van der Waals surface area contributed by atoms with Crippen molar-refractivity contribution in [2.75, 3.05) is 54.9 Å². The van der Waals surface area contributed by atoms with Crippen LogP contribution in [-0.4, -0.2) is 54.3 Å². The van der Waals surface area contributed by atoms with Gasteiger partial charge in [-0.2, -0.15) is 4.98 Å². The molecule has 29 heavy (non-hydrogen) atoms. The lowest BCUT2D eigenvalue weighted by molar-refractivity contribution is 0.122. The third-order valence-corrected chi connectivity index (χ3v) is 5.10. The zero-order chi connectivity index (χ0) is 20.1. The fraction of sp³-hybridized carbons (Fsp3) is 0.350. The molecular weight excluding hydrogens is 411 g/mol. The Morgan fingerprint density at radius 1 is 1.00 bits per heavy atom. The number of ether oxygens (including phenoxy) is 1. The van der Waals surface area contributed by atoms with Crippen LogP contribution in [0.15, 0.2) is 36.5 Å². The van der Waals surface area contributed by atoms with Crippen LogP contribution >= 0.6 is 23.2 Å². The monoisotopic (exact) mass is 432 g/mol. The van der Waals surface area contributed by atoms with Crippen molar-refractivity contribution >= 4 is 51.6 Å². The standard InChI is InChI=1S/C20H22Cl2N6O/c21-14-2-3-15-16(4-7-24-17(15)12-14)23-5-1-6-25-20-26-18(22)13-19(27-20)28-8-10-29-11-9-28/h2-4,7,12-13H,1,5-6,8-11H2,(H,23,24)(H,25,26,27). The highest BCUT2D eigenvalue weighted by molar-refractivity contribution is 6.31. The number of fused-ring (bicyclic) bond motifs is 1. The largest absolute Gasteiger partial charge is 0.384 e. The van der Waals surface area contributed by atoms with Crippen molar-refractivity contribution in [2.45, 2.75) is 6.42 Å². The van der Waals surface area contributed by atoms with E-state index in [1.807, 2.05) is 24.3 Å². The van der Waals surface area contributed by atoms with Gasteiger partial charge in [0.1, 0.15) is 11.0 Å². The van der Waals surface area contributed by atoms with Crippen LogP contribution in [0.2, 0.25) is 10.2 Å². The molecule has 0 aliphatic carbocycles. The van der Waals surface area contributed by atoms with Crippen LogP contribution < -0.4 is 15.5 Å². The Bertz CT molecular complexity index is 980. The maximum absolute atomic E-state index is 6.18. The molecule has 1 fully saturated rings. The van der Waals surface area contributed by atoms with Gasteiger partial charge in [0, 0.05) is 54.5 Å². The van der Waals surface area contributed by atoms with Gasteiger partial charge in [-0.05, 0) is 30.7 Å². The number of anilines is 3. The van der Waals surface area contributed by atoms with Gasteiger partial charge >= 0.3 is 0 Å². The van der Waals surface area contributed by atoms with E-state index in [9.17, 15) is 0 Å². The van der Waals surface area contributed by atoms with Crippen LogP contribution in [0.3, 0.4) is 0 Å². The summed E-state index contributed by atoms with van der Waals surface area (Å²) < 4.78 is 5.39. The van der Waals surface area contributed by atoms with Crippen LogP contribution in [0.25, 0.3) is 10.9 Å². The van der Waals surface area contributed by atoms with E-state index in [0.717, 1.165) is 55.0 Å². The lowest BCUT2D eigenvalue weighted by Crippen LogP contribution is -2.36. The second-order valence-electron chi connectivity index (χ2n) is 6.70. The summed E-state index contributed by atoms with van der Waals surface area (Å²) in [7, 11) is 0. The summed E-state index contributed by atoms with van der Waals surface area (Å²) in [5, 5.41) is 8.89. The summed E-state index contributed by atoms with van der Waals surface area (Å²) in [4.78, 5) is 15.4. The van der Waals surface area contributed by atoms with E-state index in [1.54, 1.807) is 12.3 Å². The van der Waals surface area contributed by atoms with Crippen LogP contribution in [0.4, 0.5) is 17.5 Å². The zero-order valence-electron chi connectivity index (χ0n) is 15.9. The molecule has 3 aromatic rings. The first-order valence-corrected chi connectivity index (χ1v) is 10.3. The van der Waals surface area contributed by atoms with Gasteiger partial charge in [-0.25, -0.2) is 4.98 Å². The molecule has 0 saturated carbocycles. The SMILES string of the molecule is Clc1ccc2c(NCCCNc3nc(Cl)cc(N4CCOCC4)n3)ccnc2c1. The molecule has 1 saturated heterocycles. The van der Waals surface area contributed by atoms with Gasteiger partial charge in [-0.3, -0.25) is 4.98 Å². The number of aromatic nitrogens is 3. The van der Waals surface area contributed by atoms with Crippen molar-refractivity contribution in [1.82, 2.24) is 15.0 Å². The summed E-state index contributed by atoms with van der Waals surface area (Å²) in [5.41, 5.74) is 1.92. The zero-order valence-corrected chi connectivity index (χ0v) is 17.4. The molecule has 0 bridgehead atoms. The minimum atomic E-state index is 0.434. The fourth-order valence-corrected chi connectivity index (χ4v) is 3.57. The van der Waals surface area contributed by atoms with Gasteiger partial charge in [0.05, 0.1) is 18.7 Å². The number of morpholine rings is 1. The van der Waals surface area contributed by atoms with Gasteiger partial charge in [0.15, 0.2) is 0 Å². The molecule has 2 aromatic heterocycles. The van der Waals surface area contributed by atoms with Gasteiger partial charge in [0.2, 0.25) is 5.95 Å². The lowest BCUT2D eigenvalue weighted by atomic mass is 10.2. The molecule has 0 unspecified atom stereocenters. The first kappa shape index (κ1) is 19.9. The van der Waals surface area contributed by atoms with Crippen molar-refractivity contribution in [3.63, 3.8) is 0 Å². The van der Waals surface area contributed by atoms with Crippen LogP contribution in [0.5, 0.6) is 0 Å². The normalized spacial score (nSPS) is 14.2. The van der Waals surface area contributed by atoms with Gasteiger partial charge in [0.25, 0.3) is 0 Å². The first-order valence-electron chi connectivity index (χ1n) is 9.58. The third-order valence-electron chi connectivity index (χ3n) is 4.67. The second-order valence-corrected chi connectivity index (χ2v) is 7.52. The highest BCUT2D eigenvalue weighted by Gasteiger charge is 2.14. The van der Waals surface area contributed by atoms with E-state index >= 15 is 0 Å². The third kappa shape index (κ3) is 5.18. The number of rotatable bonds is 7. The molecule has 0 atom stereocenters. The summed E-state index contributed by atoms with van der Waals surface area (Å²) in [5.74, 6) is 1.37. The molecule has 1 aromatic carbocycles. The quantitative estimate of drug-likeness (QED) is 0.430. The number of pyridine rings is 1. The summed E-state index contributed by atoms with van der Waals surface area (Å²) in [6, 6.07) is 9.49. The van der Waals surface area contributed by atoms with E-state index in [-0.39, 0.29) is 0 Å². The Hall–Kier alpha value is -2.35. The molecule has 0 spiro atoms. The molecule has 9 heteroatoms. The molecule has 3 heterocycles. The van der Waals surface area contributed by atoms with E-state index < -0.39 is 0 Å². The van der Waals surface area contributed by atoms with E-state index in [0.29, 0.717) is 29.3 Å². The van der Waals surface area contributed by atoms with Crippen LogP contribution in [-0.2, 0) is 4.74 Å². The van der Waals surface area contributed by atoms with E-state index in [2.05, 4.69) is 30.5 Å². The maximum atomic E-state index is 6.18. The lowest BCUT2D eigenvalue weighted by Gasteiger charge is -2.28. The molecule has 1 aliphatic rings. The first-order chi connectivity index (χ1) is 14.2. The predicted octanol–water partition coefficient (Wildman–Crippen LogP) is 4.08. The minimum absolute atomic E-state index is 0.434. The fourth-order valence-electron chi connectivity index (χ4n) is 3.23. The van der Waals surface area contributed by atoms with Crippen molar-refractivity contribution in [3.8, 4) is 0 Å². The molecule has 4 rings (SSSR count). The Kier molecular flexibility index (Phi) is 6.49. The summed E-state index contributed by atoms with van der Waals surface area (Å²) in [6.07, 6.45) is 2.67. The Balaban J connectivity index is 1.30. The minimum Gasteiger partial charge on any atom is -0.384 e. The molecule has 0 radical (unpaired) electrons. The summed E-state index contributed by atoms with van der Waals surface area (Å²) >= 11 is 12.2. The smallest absolute Gasteiger partial charge is 0.226 e. The topological polar surface area (TPSA) is 75.2 Å². The maximum Gasteiger partial charge on any atom is 0.226 e. The highest BCUT2D eigenvalue weighted by Crippen LogP contribution is 2.24. The highest BCUT2D eigenvalue weighted by atomic mass is 35.5. The Morgan fingerprint density at radius 3 is 2.69 bits per heavy atom. The molecule has 1 aliphatic heterocycles. The van der Waals surface area contributed by atoms with Crippen LogP contribution in [0.1, 0.15) is 6.42 Å². The predicted molar refractivity (Wildman–Crippen MR) is 118 cm³/mol. The van der Waals surface area contributed by atoms with Crippen molar-refractivity contribution in [1.29, 1.82) is 0 Å². The van der Waals surface area contributed by atoms with Crippen molar-refractivity contribution < 1.29 is 4.74 Å². The number of benzene rings is 1. The van der Waals surface area contributed by atoms with E-state index in [1.165, 1.54) is 0 Å². The summed E-state index contributed by atoms with van der Waals surface area (Å²) in [6.45, 7) is 4.54. The van der Waals surface area contributed by atoms with Crippen molar-refractivity contribution in [3.05, 3.63) is 46.7 Å². The van der Waals surface area contributed by atoms with Crippen LogP contribution in [0, 0.1) is 0 Å². The number of hydrogen-bond acceptors (Lipinski definition) is 7. The second kappa shape index (κ2) is 9.43. The molecular formula is C20H22Cl2N6O. The molecule has 152 valence electrons. The number of halogens is 2. The average Bonchev–Trinajstić information content (AvgIpc) is 2.73. The molecule has 0 amide bonds. The van der Waals surface area contributed by atoms with Gasteiger partial charge in [-0.1, -0.05) is 23.2 Å². The Morgan fingerprint density at radius 2 is 1.83 bits per heavy atom. The van der Waals surface area contributed by atoms with Crippen molar-refractivity contribution in [2.24, 2.45) is 0 Å². The molecule has 2 N–H and O–H groups in total. The van der Waals surface area contributed by atoms with E-state index in [4.69, 9.17) is 27.9 Å². The molecule has 7 nitrogen and oxygen atoms in total. The Labute approximate surface area is 179 Å².